The van der Waals surface area contributed by atoms with Crippen molar-refractivity contribution in [2.24, 2.45) is 5.92 Å². The van der Waals surface area contributed by atoms with Crippen molar-refractivity contribution in [1.82, 2.24) is 19.7 Å². The van der Waals surface area contributed by atoms with E-state index < -0.39 is 17.6 Å². The van der Waals surface area contributed by atoms with E-state index in [2.05, 4.69) is 27.3 Å². The molecular weight excluding hydrogens is 419 g/mol. The maximum absolute atomic E-state index is 13.3. The van der Waals surface area contributed by atoms with Crippen LogP contribution < -0.4 is 5.32 Å². The van der Waals surface area contributed by atoms with Gasteiger partial charge in [0.2, 0.25) is 0 Å². The first-order valence-corrected chi connectivity index (χ1v) is 10.3. The quantitative estimate of drug-likeness (QED) is 0.464. The maximum atomic E-state index is 13.3. The van der Waals surface area contributed by atoms with Gasteiger partial charge >= 0.3 is 6.18 Å². The molecule has 6 nitrogen and oxygen atoms in total. The van der Waals surface area contributed by atoms with Gasteiger partial charge in [0.05, 0.1) is 16.9 Å². The zero-order valence-corrected chi connectivity index (χ0v) is 17.2. The molecular formula is C23H20F3N5O. The first-order chi connectivity index (χ1) is 15.3. The molecule has 5 rings (SSSR count). The van der Waals surface area contributed by atoms with Gasteiger partial charge in [0.15, 0.2) is 0 Å². The molecule has 2 heterocycles. The van der Waals surface area contributed by atoms with E-state index in [0.29, 0.717) is 11.5 Å². The van der Waals surface area contributed by atoms with Crippen LogP contribution in [0.25, 0.3) is 16.6 Å². The number of alkyl halides is 3. The first-order valence-electron chi connectivity index (χ1n) is 10.3. The molecule has 0 fully saturated rings. The van der Waals surface area contributed by atoms with Gasteiger partial charge in [-0.25, -0.2) is 9.67 Å². The summed E-state index contributed by atoms with van der Waals surface area (Å²) in [4.78, 5) is 20.3. The number of anilines is 1. The third kappa shape index (κ3) is 3.63. The highest BCUT2D eigenvalue weighted by Crippen LogP contribution is 2.34. The number of benzene rings is 2. The van der Waals surface area contributed by atoms with Crippen LogP contribution >= 0.6 is 0 Å². The third-order valence-electron chi connectivity index (χ3n) is 5.93. The summed E-state index contributed by atoms with van der Waals surface area (Å²) in [6, 6.07) is 8.45. The number of halogens is 3. The third-order valence-corrected chi connectivity index (χ3v) is 5.93. The van der Waals surface area contributed by atoms with Crippen LogP contribution in [0.3, 0.4) is 0 Å². The molecule has 0 spiro atoms. The molecule has 0 radical (unpaired) electrons. The molecule has 1 aliphatic carbocycles. The van der Waals surface area contributed by atoms with E-state index in [4.69, 9.17) is 0 Å². The van der Waals surface area contributed by atoms with Crippen LogP contribution in [0.5, 0.6) is 0 Å². The van der Waals surface area contributed by atoms with Crippen molar-refractivity contribution in [3.05, 3.63) is 71.4 Å². The molecule has 0 bridgehead atoms. The van der Waals surface area contributed by atoms with Crippen LogP contribution in [-0.2, 0) is 19.0 Å². The maximum Gasteiger partial charge on any atom is 0.416 e. The number of rotatable bonds is 3. The Kier molecular flexibility index (Phi) is 4.76. The molecule has 2 aromatic heterocycles. The van der Waals surface area contributed by atoms with Crippen molar-refractivity contribution < 1.29 is 18.0 Å². The van der Waals surface area contributed by atoms with Crippen molar-refractivity contribution in [2.75, 3.05) is 5.32 Å². The molecule has 0 saturated carbocycles. The Bertz CT molecular complexity index is 1310. The lowest BCUT2D eigenvalue weighted by Gasteiger charge is -2.18. The summed E-state index contributed by atoms with van der Waals surface area (Å²) in [5, 5.41) is 7.60. The van der Waals surface area contributed by atoms with Gasteiger partial charge in [-0.1, -0.05) is 6.92 Å². The second-order valence-corrected chi connectivity index (χ2v) is 8.21. The van der Waals surface area contributed by atoms with Crippen molar-refractivity contribution in [3.8, 4) is 5.69 Å². The van der Waals surface area contributed by atoms with Crippen LogP contribution in [-0.4, -0.2) is 25.7 Å². The largest absolute Gasteiger partial charge is 0.416 e. The summed E-state index contributed by atoms with van der Waals surface area (Å²) in [7, 11) is 0. The number of hydrogen-bond acceptors (Lipinski definition) is 3. The molecule has 0 aliphatic heterocycles. The van der Waals surface area contributed by atoms with Gasteiger partial charge in [-0.3, -0.25) is 4.79 Å². The molecule has 32 heavy (non-hydrogen) atoms. The minimum atomic E-state index is -4.54. The van der Waals surface area contributed by atoms with Crippen molar-refractivity contribution >= 4 is 22.5 Å². The zero-order chi connectivity index (χ0) is 22.5. The van der Waals surface area contributed by atoms with Gasteiger partial charge in [0.25, 0.3) is 5.91 Å². The van der Waals surface area contributed by atoms with Gasteiger partial charge in [-0.2, -0.15) is 18.3 Å². The Balaban J connectivity index is 1.52. The number of amides is 1. The molecule has 1 aliphatic rings. The number of nitrogens with zero attached hydrogens (tertiary/aromatic N) is 3. The lowest BCUT2D eigenvalue weighted by molar-refractivity contribution is -0.137. The smallest absolute Gasteiger partial charge is 0.358 e. The predicted octanol–water partition coefficient (Wildman–Crippen LogP) is 5.14. The monoisotopic (exact) mass is 439 g/mol. The topological polar surface area (TPSA) is 75.6 Å². The van der Waals surface area contributed by atoms with Crippen molar-refractivity contribution in [3.63, 3.8) is 0 Å². The van der Waals surface area contributed by atoms with Gasteiger partial charge in [-0.05, 0) is 67.1 Å². The van der Waals surface area contributed by atoms with E-state index in [9.17, 15) is 18.0 Å². The van der Waals surface area contributed by atoms with Crippen LogP contribution in [0.1, 0.15) is 40.5 Å². The number of fused-ring (bicyclic) bond motifs is 3. The predicted molar refractivity (Wildman–Crippen MR) is 114 cm³/mol. The van der Waals surface area contributed by atoms with E-state index in [0.717, 1.165) is 42.3 Å². The normalized spacial score (nSPS) is 16.2. The van der Waals surface area contributed by atoms with Gasteiger partial charge < -0.3 is 10.3 Å². The fourth-order valence-corrected chi connectivity index (χ4v) is 4.27. The summed E-state index contributed by atoms with van der Waals surface area (Å²) in [5.41, 5.74) is 3.18. The Hall–Kier alpha value is -3.62. The van der Waals surface area contributed by atoms with Gasteiger partial charge in [-0.15, -0.1) is 0 Å². The van der Waals surface area contributed by atoms with E-state index in [-0.39, 0.29) is 11.4 Å². The Morgan fingerprint density at radius 1 is 1.22 bits per heavy atom. The number of H-pyrrole nitrogens is 1. The van der Waals surface area contributed by atoms with E-state index >= 15 is 0 Å². The number of nitrogens with one attached hydrogen (secondary N) is 2. The van der Waals surface area contributed by atoms with Crippen molar-refractivity contribution in [2.45, 2.75) is 32.4 Å². The molecule has 2 aromatic carbocycles. The summed E-state index contributed by atoms with van der Waals surface area (Å²) >= 11 is 0. The first kappa shape index (κ1) is 20.3. The Morgan fingerprint density at radius 3 is 2.81 bits per heavy atom. The van der Waals surface area contributed by atoms with E-state index in [1.807, 2.05) is 6.07 Å². The minimum absolute atomic E-state index is 0.000131. The SMILES string of the molecule is C[C@H]1CCc2[nH]c3ccc(C(=O)Nc4cc(C(F)(F)F)ccc4-n4cncn4)cc3c2C1. The lowest BCUT2D eigenvalue weighted by atomic mass is 9.87. The average Bonchev–Trinajstić information content (AvgIpc) is 3.40. The molecule has 4 aromatic rings. The fraction of sp³-hybridized carbons (Fsp3) is 0.261. The summed E-state index contributed by atoms with van der Waals surface area (Å²) in [5.74, 6) is 0.0701. The van der Waals surface area contributed by atoms with Gasteiger partial charge in [0, 0.05) is 22.2 Å². The second-order valence-electron chi connectivity index (χ2n) is 8.21. The number of hydrogen-bond donors (Lipinski definition) is 2. The average molecular weight is 439 g/mol. The molecule has 2 N–H and O–H groups in total. The van der Waals surface area contributed by atoms with Crippen LogP contribution in [0.4, 0.5) is 18.9 Å². The van der Waals surface area contributed by atoms with Crippen LogP contribution in [0.15, 0.2) is 49.1 Å². The summed E-state index contributed by atoms with van der Waals surface area (Å²) < 4.78 is 41.2. The molecule has 1 amide bonds. The van der Waals surface area contributed by atoms with Crippen LogP contribution in [0.2, 0.25) is 0 Å². The Labute approximate surface area is 181 Å². The van der Waals surface area contributed by atoms with E-state index in [1.54, 1.807) is 12.1 Å². The molecule has 1 atom stereocenters. The lowest BCUT2D eigenvalue weighted by Crippen LogP contribution is -2.16. The summed E-state index contributed by atoms with van der Waals surface area (Å²) in [6.07, 6.45) is 1.11. The van der Waals surface area contributed by atoms with Crippen LogP contribution in [0, 0.1) is 5.92 Å². The van der Waals surface area contributed by atoms with E-state index in [1.165, 1.54) is 34.7 Å². The molecule has 164 valence electrons. The van der Waals surface area contributed by atoms with Crippen molar-refractivity contribution in [1.29, 1.82) is 0 Å². The molecule has 0 unspecified atom stereocenters. The number of carbonyl (C=O) groups excluding carboxylic acids is 1. The zero-order valence-electron chi connectivity index (χ0n) is 17.2. The van der Waals surface area contributed by atoms with Gasteiger partial charge in [0.1, 0.15) is 12.7 Å². The Morgan fingerprint density at radius 2 is 2.06 bits per heavy atom. The number of aromatic nitrogens is 4. The number of aromatic amines is 1. The number of carbonyl (C=O) groups is 1. The minimum Gasteiger partial charge on any atom is -0.358 e. The fourth-order valence-electron chi connectivity index (χ4n) is 4.27. The highest BCUT2D eigenvalue weighted by Gasteiger charge is 2.31. The molecule has 9 heteroatoms. The standard InChI is InChI=1S/C23H20F3N5O/c1-13-2-5-18-16(8-13)17-9-14(3-6-19(17)29-18)22(32)30-20-10-15(23(24,25)26)4-7-21(20)31-12-27-11-28-31/h3-4,6-7,9-13,29H,2,5,8H2,1H3,(H,30,32)/t13-/m0/s1. The highest BCUT2D eigenvalue weighted by molar-refractivity contribution is 6.07. The summed E-state index contributed by atoms with van der Waals surface area (Å²) in [6.45, 7) is 2.21. The molecule has 0 saturated heterocycles. The second kappa shape index (κ2) is 7.51. The highest BCUT2D eigenvalue weighted by atomic mass is 19.4. The number of aryl methyl sites for hydroxylation is 1.